The second-order valence-corrected chi connectivity index (χ2v) is 12.5. The monoisotopic (exact) mass is 512 g/mol. The molecule has 0 spiro atoms. The Hall–Kier alpha value is -3.01. The van der Waals surface area contributed by atoms with Gasteiger partial charge in [0.1, 0.15) is 27.6 Å². The van der Waals surface area contributed by atoms with Crippen LogP contribution in [0.3, 0.4) is 0 Å². The maximum atomic E-state index is 13.5. The van der Waals surface area contributed by atoms with Gasteiger partial charge in [0, 0.05) is 61.8 Å². The van der Waals surface area contributed by atoms with Crippen molar-refractivity contribution in [1.29, 1.82) is 0 Å². The van der Waals surface area contributed by atoms with Gasteiger partial charge in [-0.25, -0.2) is 22.8 Å². The number of nitrogens with one attached hydrogen (secondary N) is 1. The molecule has 4 heterocycles. The molecule has 2 fully saturated rings. The number of piperidine rings is 1. The molecule has 0 saturated carbocycles. The molecule has 1 N–H and O–H groups in total. The summed E-state index contributed by atoms with van der Waals surface area (Å²) in [6, 6.07) is 8.14. The lowest BCUT2D eigenvalue weighted by Gasteiger charge is -2.41. The van der Waals surface area contributed by atoms with Gasteiger partial charge in [0.2, 0.25) is 5.95 Å². The molecular weight excluding hydrogens is 479 g/mol. The lowest BCUT2D eigenvalue weighted by atomic mass is 9.93. The summed E-state index contributed by atoms with van der Waals surface area (Å²) >= 11 is 0. The molecule has 2 aliphatic heterocycles. The maximum absolute atomic E-state index is 13.5. The first-order valence-corrected chi connectivity index (χ1v) is 14.6. The average Bonchev–Trinajstić information content (AvgIpc) is 2.80. The third kappa shape index (κ3) is 5.38. The molecule has 0 aliphatic carbocycles. The fraction of sp³-hybridized carbons (Fsp3) is 0.500. The number of anilines is 4. The lowest BCUT2D eigenvalue weighted by Crippen LogP contribution is -2.49. The number of sulfone groups is 1. The van der Waals surface area contributed by atoms with E-state index in [4.69, 9.17) is 0 Å². The van der Waals surface area contributed by atoms with E-state index in [2.05, 4.69) is 57.2 Å². The van der Waals surface area contributed by atoms with E-state index in [0.29, 0.717) is 49.4 Å². The summed E-state index contributed by atoms with van der Waals surface area (Å²) in [7, 11) is -2.98. The van der Waals surface area contributed by atoms with E-state index in [1.807, 2.05) is 11.1 Å². The first kappa shape index (κ1) is 24.7. The highest BCUT2D eigenvalue weighted by Crippen LogP contribution is 2.37. The fourth-order valence-electron chi connectivity index (χ4n) is 5.14. The van der Waals surface area contributed by atoms with Gasteiger partial charge in [-0.3, -0.25) is 0 Å². The Bertz CT molecular complexity index is 1350. The van der Waals surface area contributed by atoms with Crippen molar-refractivity contribution in [1.82, 2.24) is 15.0 Å². The molecule has 0 radical (unpaired) electrons. The molecule has 36 heavy (non-hydrogen) atoms. The highest BCUT2D eigenvalue weighted by atomic mass is 32.2. The number of hydrogen-bond donors (Lipinski definition) is 1. The molecule has 8 nitrogen and oxygen atoms in total. The number of nitrogens with zero attached hydrogens (tertiary/aromatic N) is 5. The predicted molar refractivity (Wildman–Crippen MR) is 143 cm³/mol. The van der Waals surface area contributed by atoms with Gasteiger partial charge < -0.3 is 15.1 Å². The van der Waals surface area contributed by atoms with Crippen molar-refractivity contribution in [3.63, 3.8) is 0 Å². The van der Waals surface area contributed by atoms with Crippen LogP contribution in [0.1, 0.15) is 38.2 Å². The van der Waals surface area contributed by atoms with Gasteiger partial charge in [-0.15, -0.1) is 0 Å². The normalized spacial score (nSPS) is 17.6. The Morgan fingerprint density at radius 2 is 1.81 bits per heavy atom. The first-order valence-electron chi connectivity index (χ1n) is 12.5. The first-order chi connectivity index (χ1) is 17.2. The van der Waals surface area contributed by atoms with Crippen molar-refractivity contribution in [3.8, 4) is 0 Å². The molecule has 0 unspecified atom stereocenters. The van der Waals surface area contributed by atoms with Crippen molar-refractivity contribution in [2.45, 2.75) is 38.8 Å². The summed E-state index contributed by atoms with van der Waals surface area (Å²) in [6.45, 7) is 7.02. The zero-order valence-electron chi connectivity index (χ0n) is 21.0. The molecule has 10 heteroatoms. The minimum atomic E-state index is -2.98. The number of fused-ring (bicyclic) bond motifs is 1. The topological polar surface area (TPSA) is 91.3 Å². The van der Waals surface area contributed by atoms with E-state index in [0.717, 1.165) is 29.5 Å². The van der Waals surface area contributed by atoms with Crippen molar-refractivity contribution < 1.29 is 12.8 Å². The van der Waals surface area contributed by atoms with E-state index in [-0.39, 0.29) is 11.7 Å². The number of benzene rings is 1. The van der Waals surface area contributed by atoms with Crippen LogP contribution in [0.4, 0.5) is 27.7 Å². The summed E-state index contributed by atoms with van der Waals surface area (Å²) in [5.74, 6) is 2.64. The molecule has 192 valence electrons. The highest BCUT2D eigenvalue weighted by molar-refractivity contribution is 7.90. The van der Waals surface area contributed by atoms with Crippen molar-refractivity contribution in [3.05, 3.63) is 42.2 Å². The molecule has 5 rings (SSSR count). The van der Waals surface area contributed by atoms with Crippen LogP contribution in [0.2, 0.25) is 0 Å². The highest BCUT2D eigenvalue weighted by Gasteiger charge is 2.31. The smallest absolute Gasteiger partial charge is 0.227 e. The molecular formula is C26H33FN6O2S. The van der Waals surface area contributed by atoms with E-state index < -0.39 is 16.0 Å². The summed E-state index contributed by atoms with van der Waals surface area (Å²) in [5, 5.41) is 5.49. The van der Waals surface area contributed by atoms with Crippen molar-refractivity contribution >= 4 is 43.9 Å². The summed E-state index contributed by atoms with van der Waals surface area (Å²) in [5.41, 5.74) is 2.31. The molecule has 2 aromatic heterocycles. The Labute approximate surface area is 211 Å². The molecule has 0 atom stereocenters. The Morgan fingerprint density at radius 1 is 1.06 bits per heavy atom. The van der Waals surface area contributed by atoms with Crippen molar-refractivity contribution in [2.24, 2.45) is 5.92 Å². The number of rotatable bonds is 7. The second kappa shape index (κ2) is 9.80. The van der Waals surface area contributed by atoms with Crippen LogP contribution >= 0.6 is 0 Å². The molecule has 0 amide bonds. The standard InChI is InChI=1S/C26H33FN6O2S/c1-17(2)20-4-5-23(33-14-18(15-33)16-36(3,34)35)22-13-29-25(12-21(20)22)30-24-6-9-28-26(31-24)32-10-7-19(27)8-11-32/h4-6,9,12-13,17-19H,7-8,10-11,14-16H2,1-3H3,(H,28,29,30,31). The van der Waals surface area contributed by atoms with Crippen LogP contribution in [0, 0.1) is 5.92 Å². The zero-order chi connectivity index (χ0) is 25.4. The number of hydrogen-bond acceptors (Lipinski definition) is 8. The van der Waals surface area contributed by atoms with Gasteiger partial charge in [-0.05, 0) is 47.9 Å². The van der Waals surface area contributed by atoms with Gasteiger partial charge in [0.25, 0.3) is 0 Å². The average molecular weight is 513 g/mol. The summed E-state index contributed by atoms with van der Waals surface area (Å²) in [4.78, 5) is 17.9. The SMILES string of the molecule is CC(C)c1ccc(N2CC(CS(C)(=O)=O)C2)c2cnc(Nc3ccnc(N4CCC(F)CC4)n3)cc12. The van der Waals surface area contributed by atoms with Crippen LogP contribution in [0.15, 0.2) is 36.7 Å². The molecule has 2 aliphatic rings. The van der Waals surface area contributed by atoms with Gasteiger partial charge in [-0.2, -0.15) is 4.98 Å². The van der Waals surface area contributed by atoms with Gasteiger partial charge in [-0.1, -0.05) is 19.9 Å². The van der Waals surface area contributed by atoms with Crippen LogP contribution < -0.4 is 15.1 Å². The predicted octanol–water partition coefficient (Wildman–Crippen LogP) is 4.31. The van der Waals surface area contributed by atoms with E-state index >= 15 is 0 Å². The molecule has 2 saturated heterocycles. The summed E-state index contributed by atoms with van der Waals surface area (Å²) < 4.78 is 36.8. The molecule has 1 aromatic carbocycles. The van der Waals surface area contributed by atoms with Gasteiger partial charge in [0.15, 0.2) is 0 Å². The van der Waals surface area contributed by atoms with E-state index in [9.17, 15) is 12.8 Å². The second-order valence-electron chi connectivity index (χ2n) is 10.3. The van der Waals surface area contributed by atoms with Crippen LogP contribution in [-0.2, 0) is 9.84 Å². The largest absolute Gasteiger partial charge is 0.370 e. The third-order valence-electron chi connectivity index (χ3n) is 6.98. The molecule has 3 aromatic rings. The number of halogens is 1. The van der Waals surface area contributed by atoms with E-state index in [1.165, 1.54) is 11.8 Å². The van der Waals surface area contributed by atoms with Gasteiger partial charge >= 0.3 is 0 Å². The lowest BCUT2D eigenvalue weighted by molar-refractivity contribution is 0.276. The Kier molecular flexibility index (Phi) is 6.72. The number of pyridine rings is 1. The van der Waals surface area contributed by atoms with Crippen LogP contribution in [0.5, 0.6) is 0 Å². The summed E-state index contributed by atoms with van der Waals surface area (Å²) in [6.07, 6.45) is 5.15. The minimum absolute atomic E-state index is 0.163. The van der Waals surface area contributed by atoms with Crippen molar-refractivity contribution in [2.75, 3.05) is 53.3 Å². The Morgan fingerprint density at radius 3 is 2.50 bits per heavy atom. The number of aromatic nitrogens is 3. The quantitative estimate of drug-likeness (QED) is 0.501. The minimum Gasteiger partial charge on any atom is -0.370 e. The zero-order valence-corrected chi connectivity index (χ0v) is 21.8. The van der Waals surface area contributed by atoms with Crippen LogP contribution in [-0.4, -0.2) is 67.7 Å². The number of alkyl halides is 1. The Balaban J connectivity index is 1.39. The maximum Gasteiger partial charge on any atom is 0.227 e. The van der Waals surface area contributed by atoms with Gasteiger partial charge in [0.05, 0.1) is 5.75 Å². The molecule has 0 bridgehead atoms. The fourth-order valence-corrected chi connectivity index (χ4v) is 6.21. The van der Waals surface area contributed by atoms with Crippen LogP contribution in [0.25, 0.3) is 10.8 Å². The van der Waals surface area contributed by atoms with E-state index in [1.54, 1.807) is 12.3 Å². The third-order valence-corrected chi connectivity index (χ3v) is 8.05.